The highest BCUT2D eigenvalue weighted by Crippen LogP contribution is 2.22. The zero-order valence-electron chi connectivity index (χ0n) is 15.0. The summed E-state index contributed by atoms with van der Waals surface area (Å²) in [5.41, 5.74) is 1.04. The summed E-state index contributed by atoms with van der Waals surface area (Å²) in [7, 11) is 0. The topological polar surface area (TPSA) is 61.3 Å². The lowest BCUT2D eigenvalue weighted by atomic mass is 10.3. The van der Waals surface area contributed by atoms with E-state index in [1.165, 1.54) is 12.8 Å². The van der Waals surface area contributed by atoms with E-state index < -0.39 is 0 Å². The van der Waals surface area contributed by atoms with Crippen molar-refractivity contribution in [2.24, 2.45) is 0 Å². The third kappa shape index (κ3) is 3.50. The Balaban J connectivity index is 1.47. The maximum absolute atomic E-state index is 4.85. The van der Waals surface area contributed by atoms with Gasteiger partial charge in [-0.15, -0.1) is 0 Å². The summed E-state index contributed by atoms with van der Waals surface area (Å²) in [5, 5.41) is 0. The minimum atomic E-state index is 0.821. The van der Waals surface area contributed by atoms with E-state index in [2.05, 4.69) is 42.6 Å². The van der Waals surface area contributed by atoms with E-state index in [-0.39, 0.29) is 0 Å². The summed E-state index contributed by atoms with van der Waals surface area (Å²) in [6, 6.07) is 4.09. The normalized spacial score (nSPS) is 18.1. The van der Waals surface area contributed by atoms with Crippen molar-refractivity contribution in [3.05, 3.63) is 29.8 Å². The number of aromatic nitrogens is 4. The molecular formula is C18H25N7. The van der Waals surface area contributed by atoms with Crippen molar-refractivity contribution in [3.8, 4) is 0 Å². The minimum absolute atomic E-state index is 0.821. The molecule has 2 fully saturated rings. The van der Waals surface area contributed by atoms with Crippen molar-refractivity contribution in [3.63, 3.8) is 0 Å². The van der Waals surface area contributed by atoms with Gasteiger partial charge in [-0.3, -0.25) is 0 Å². The molecule has 0 bridgehead atoms. The Labute approximate surface area is 148 Å². The highest BCUT2D eigenvalue weighted by atomic mass is 15.3. The molecule has 0 N–H and O–H groups in total. The molecule has 4 heterocycles. The van der Waals surface area contributed by atoms with Gasteiger partial charge < -0.3 is 14.7 Å². The smallest absolute Gasteiger partial charge is 0.227 e. The highest BCUT2D eigenvalue weighted by Gasteiger charge is 2.22. The highest BCUT2D eigenvalue weighted by molar-refractivity contribution is 5.48. The summed E-state index contributed by atoms with van der Waals surface area (Å²) in [6.07, 6.45) is 4.31. The van der Waals surface area contributed by atoms with Crippen LogP contribution in [0.25, 0.3) is 0 Å². The van der Waals surface area contributed by atoms with Crippen molar-refractivity contribution in [2.75, 3.05) is 54.0 Å². The van der Waals surface area contributed by atoms with Gasteiger partial charge in [0.1, 0.15) is 17.5 Å². The lowest BCUT2D eigenvalue weighted by molar-refractivity contribution is 0.638. The van der Waals surface area contributed by atoms with Crippen LogP contribution >= 0.6 is 0 Å². The molecule has 2 aromatic rings. The summed E-state index contributed by atoms with van der Waals surface area (Å²) < 4.78 is 0. The van der Waals surface area contributed by atoms with Crippen LogP contribution in [0.15, 0.2) is 18.3 Å². The van der Waals surface area contributed by atoms with Gasteiger partial charge in [0.25, 0.3) is 0 Å². The number of nitrogens with zero attached hydrogens (tertiary/aromatic N) is 7. The molecule has 2 aliphatic heterocycles. The van der Waals surface area contributed by atoms with Crippen LogP contribution in [0.3, 0.4) is 0 Å². The number of aryl methyl sites for hydroxylation is 2. The zero-order valence-corrected chi connectivity index (χ0v) is 15.0. The van der Waals surface area contributed by atoms with E-state index in [9.17, 15) is 0 Å². The first-order valence-corrected chi connectivity index (χ1v) is 9.09. The SMILES string of the molecule is Cc1cc(N2CCN(c3ccnc(C)n3)CC2)nc(N2CCCC2)n1. The zero-order chi connectivity index (χ0) is 17.2. The van der Waals surface area contributed by atoms with Gasteiger partial charge in [-0.1, -0.05) is 0 Å². The molecule has 0 spiro atoms. The Bertz CT molecular complexity index is 734. The molecule has 132 valence electrons. The van der Waals surface area contributed by atoms with Gasteiger partial charge in [-0.05, 0) is 32.8 Å². The summed E-state index contributed by atoms with van der Waals surface area (Å²) in [4.78, 5) is 25.2. The number of hydrogen-bond acceptors (Lipinski definition) is 7. The Morgan fingerprint density at radius 3 is 2.12 bits per heavy atom. The Morgan fingerprint density at radius 1 is 0.760 bits per heavy atom. The van der Waals surface area contributed by atoms with Crippen LogP contribution in [0, 0.1) is 13.8 Å². The molecule has 2 aliphatic rings. The van der Waals surface area contributed by atoms with Crippen molar-refractivity contribution in [2.45, 2.75) is 26.7 Å². The first kappa shape index (κ1) is 16.1. The number of rotatable bonds is 3. The largest absolute Gasteiger partial charge is 0.353 e. The molecule has 0 aromatic carbocycles. The van der Waals surface area contributed by atoms with Gasteiger partial charge in [-0.25, -0.2) is 15.0 Å². The molecule has 0 amide bonds. The van der Waals surface area contributed by atoms with Gasteiger partial charge in [-0.2, -0.15) is 4.98 Å². The van der Waals surface area contributed by atoms with Crippen LogP contribution in [0.4, 0.5) is 17.6 Å². The fourth-order valence-corrected chi connectivity index (χ4v) is 3.54. The second-order valence-corrected chi connectivity index (χ2v) is 6.80. The monoisotopic (exact) mass is 339 g/mol. The Morgan fingerprint density at radius 2 is 1.44 bits per heavy atom. The average molecular weight is 339 g/mol. The number of anilines is 3. The van der Waals surface area contributed by atoms with Crippen LogP contribution in [-0.2, 0) is 0 Å². The predicted molar refractivity (Wildman–Crippen MR) is 99.4 cm³/mol. The maximum atomic E-state index is 4.85. The molecular weight excluding hydrogens is 314 g/mol. The van der Waals surface area contributed by atoms with E-state index in [1.54, 1.807) is 0 Å². The quantitative estimate of drug-likeness (QED) is 0.845. The number of hydrogen-bond donors (Lipinski definition) is 0. The van der Waals surface area contributed by atoms with Crippen LogP contribution in [0.1, 0.15) is 24.4 Å². The minimum Gasteiger partial charge on any atom is -0.353 e. The molecule has 7 heteroatoms. The van der Waals surface area contributed by atoms with Crippen LogP contribution < -0.4 is 14.7 Å². The number of piperazine rings is 1. The van der Waals surface area contributed by atoms with Gasteiger partial charge in [0.05, 0.1) is 0 Å². The summed E-state index contributed by atoms with van der Waals surface area (Å²) >= 11 is 0. The third-order valence-electron chi connectivity index (χ3n) is 4.91. The van der Waals surface area contributed by atoms with Crippen molar-refractivity contribution >= 4 is 17.6 Å². The van der Waals surface area contributed by atoms with E-state index in [0.717, 1.165) is 68.4 Å². The second-order valence-electron chi connectivity index (χ2n) is 6.80. The third-order valence-corrected chi connectivity index (χ3v) is 4.91. The first-order chi connectivity index (χ1) is 12.2. The predicted octanol–water partition coefficient (Wildman–Crippen LogP) is 1.81. The molecule has 7 nitrogen and oxygen atoms in total. The molecule has 0 radical (unpaired) electrons. The van der Waals surface area contributed by atoms with E-state index in [1.807, 2.05) is 19.2 Å². The van der Waals surface area contributed by atoms with Gasteiger partial charge in [0, 0.05) is 57.2 Å². The molecule has 0 aliphatic carbocycles. The van der Waals surface area contributed by atoms with Gasteiger partial charge >= 0.3 is 0 Å². The van der Waals surface area contributed by atoms with Crippen molar-refractivity contribution in [1.82, 2.24) is 19.9 Å². The average Bonchev–Trinajstić information content (AvgIpc) is 3.16. The summed E-state index contributed by atoms with van der Waals surface area (Å²) in [5.74, 6) is 3.78. The van der Waals surface area contributed by atoms with Gasteiger partial charge in [0.2, 0.25) is 5.95 Å². The molecule has 4 rings (SSSR count). The molecule has 2 saturated heterocycles. The lowest BCUT2D eigenvalue weighted by Gasteiger charge is -2.36. The van der Waals surface area contributed by atoms with E-state index >= 15 is 0 Å². The van der Waals surface area contributed by atoms with Gasteiger partial charge in [0.15, 0.2) is 0 Å². The Hall–Kier alpha value is -2.44. The molecule has 0 unspecified atom stereocenters. The Kier molecular flexibility index (Phi) is 4.38. The summed E-state index contributed by atoms with van der Waals surface area (Å²) in [6.45, 7) is 9.91. The lowest BCUT2D eigenvalue weighted by Crippen LogP contribution is -2.47. The van der Waals surface area contributed by atoms with E-state index in [0.29, 0.717) is 0 Å². The van der Waals surface area contributed by atoms with Crippen LogP contribution in [-0.4, -0.2) is 59.2 Å². The molecule has 25 heavy (non-hydrogen) atoms. The van der Waals surface area contributed by atoms with Crippen molar-refractivity contribution < 1.29 is 0 Å². The molecule has 2 aromatic heterocycles. The second kappa shape index (κ2) is 6.82. The molecule has 0 atom stereocenters. The maximum Gasteiger partial charge on any atom is 0.227 e. The fraction of sp³-hybridized carbons (Fsp3) is 0.556. The first-order valence-electron chi connectivity index (χ1n) is 9.09. The van der Waals surface area contributed by atoms with Crippen LogP contribution in [0.2, 0.25) is 0 Å². The fourth-order valence-electron chi connectivity index (χ4n) is 3.54. The van der Waals surface area contributed by atoms with Crippen LogP contribution in [0.5, 0.6) is 0 Å². The van der Waals surface area contributed by atoms with E-state index in [4.69, 9.17) is 4.98 Å². The standard InChI is InChI=1S/C18H25N7/c1-14-13-17(22-18(20-14)25-7-3-4-8-25)24-11-9-23(10-12-24)16-5-6-19-15(2)21-16/h5-6,13H,3-4,7-12H2,1-2H3. The van der Waals surface area contributed by atoms with Crippen molar-refractivity contribution in [1.29, 1.82) is 0 Å². The molecule has 0 saturated carbocycles.